The highest BCUT2D eigenvalue weighted by molar-refractivity contribution is 5.81. The minimum Gasteiger partial charge on any atom is -0.343 e. The molecule has 0 spiro atoms. The lowest BCUT2D eigenvalue weighted by molar-refractivity contribution is -0.687. The molecule has 19 heavy (non-hydrogen) atoms. The smallest absolute Gasteiger partial charge is 0.117 e. The molecular weight excluding hydrogens is 232 g/mol. The van der Waals surface area contributed by atoms with Crippen molar-refractivity contribution in [3.05, 3.63) is 71.9 Å². The molecule has 0 atom stereocenters. The highest BCUT2D eigenvalue weighted by atomic mass is 15.0. The van der Waals surface area contributed by atoms with Gasteiger partial charge in [-0.3, -0.25) is 0 Å². The summed E-state index contributed by atoms with van der Waals surface area (Å²) in [6, 6.07) is 21.5. The van der Waals surface area contributed by atoms with Crippen LogP contribution in [0.4, 0.5) is 0 Å². The van der Waals surface area contributed by atoms with Crippen molar-refractivity contribution in [2.24, 2.45) is 7.05 Å². The lowest BCUT2D eigenvalue weighted by atomic mass is 10.2. The summed E-state index contributed by atoms with van der Waals surface area (Å²) in [6.07, 6.45) is 0. The molecule has 0 unspecified atom stereocenters. The van der Waals surface area contributed by atoms with Crippen molar-refractivity contribution in [1.82, 2.24) is 4.57 Å². The van der Waals surface area contributed by atoms with Gasteiger partial charge in [0.25, 0.3) is 0 Å². The SMILES string of the molecule is Cn1c(C[NH2+]Cc2ccccc2)cc2ccccc21. The first kappa shape index (κ1) is 12.0. The van der Waals surface area contributed by atoms with Gasteiger partial charge < -0.3 is 9.88 Å². The van der Waals surface area contributed by atoms with Gasteiger partial charge in [0, 0.05) is 23.5 Å². The topological polar surface area (TPSA) is 21.5 Å². The normalized spacial score (nSPS) is 11.0. The maximum atomic E-state index is 2.35. The molecule has 0 amide bonds. The molecule has 0 bridgehead atoms. The number of benzene rings is 2. The summed E-state index contributed by atoms with van der Waals surface area (Å²) in [4.78, 5) is 0. The first-order valence-corrected chi connectivity index (χ1v) is 6.73. The number of para-hydroxylation sites is 1. The average molecular weight is 251 g/mol. The molecule has 3 rings (SSSR count). The van der Waals surface area contributed by atoms with Gasteiger partial charge in [-0.2, -0.15) is 0 Å². The molecule has 1 aromatic heterocycles. The molecule has 0 saturated carbocycles. The standard InChI is InChI=1S/C17H18N2/c1-19-16(11-15-9-5-6-10-17(15)19)13-18-12-14-7-3-2-4-8-14/h2-11,18H,12-13H2,1H3/p+1. The Labute approximate surface area is 113 Å². The minimum absolute atomic E-state index is 1.01. The van der Waals surface area contributed by atoms with Crippen molar-refractivity contribution in [2.75, 3.05) is 0 Å². The van der Waals surface area contributed by atoms with Crippen molar-refractivity contribution in [3.8, 4) is 0 Å². The minimum atomic E-state index is 1.01. The first-order valence-electron chi connectivity index (χ1n) is 6.73. The van der Waals surface area contributed by atoms with Crippen LogP contribution in [0.1, 0.15) is 11.3 Å². The second-order valence-electron chi connectivity index (χ2n) is 4.94. The maximum Gasteiger partial charge on any atom is 0.117 e. The van der Waals surface area contributed by atoms with Gasteiger partial charge in [-0.1, -0.05) is 48.5 Å². The Morgan fingerprint density at radius 3 is 2.42 bits per heavy atom. The van der Waals surface area contributed by atoms with Gasteiger partial charge in [0.05, 0.1) is 5.69 Å². The highest BCUT2D eigenvalue weighted by Crippen LogP contribution is 2.17. The lowest BCUT2D eigenvalue weighted by Gasteiger charge is -2.04. The molecule has 2 aromatic carbocycles. The summed E-state index contributed by atoms with van der Waals surface area (Å²) < 4.78 is 2.29. The number of hydrogen-bond acceptors (Lipinski definition) is 0. The fourth-order valence-corrected chi connectivity index (χ4v) is 2.54. The number of aryl methyl sites for hydroxylation is 1. The second-order valence-corrected chi connectivity index (χ2v) is 4.94. The number of nitrogens with zero attached hydrogens (tertiary/aromatic N) is 1. The zero-order valence-electron chi connectivity index (χ0n) is 11.2. The monoisotopic (exact) mass is 251 g/mol. The number of nitrogens with two attached hydrogens (primary N) is 1. The molecule has 2 heteroatoms. The van der Waals surface area contributed by atoms with Crippen molar-refractivity contribution < 1.29 is 5.32 Å². The van der Waals surface area contributed by atoms with E-state index in [0.717, 1.165) is 13.1 Å². The Bertz CT molecular complexity index is 668. The van der Waals surface area contributed by atoms with Crippen LogP contribution in [0, 0.1) is 0 Å². The van der Waals surface area contributed by atoms with Crippen molar-refractivity contribution in [1.29, 1.82) is 0 Å². The molecule has 0 radical (unpaired) electrons. The summed E-state index contributed by atoms with van der Waals surface area (Å²) >= 11 is 0. The summed E-state index contributed by atoms with van der Waals surface area (Å²) in [5.74, 6) is 0. The van der Waals surface area contributed by atoms with Gasteiger partial charge >= 0.3 is 0 Å². The molecule has 0 fully saturated rings. The number of quaternary nitrogens is 1. The van der Waals surface area contributed by atoms with Gasteiger partial charge in [-0.15, -0.1) is 0 Å². The first-order chi connectivity index (χ1) is 9.34. The third-order valence-corrected chi connectivity index (χ3v) is 3.63. The van der Waals surface area contributed by atoms with Crippen molar-refractivity contribution >= 4 is 10.9 Å². The van der Waals surface area contributed by atoms with E-state index in [4.69, 9.17) is 0 Å². The number of hydrogen-bond donors (Lipinski definition) is 1. The molecule has 0 aliphatic carbocycles. The maximum absolute atomic E-state index is 2.35. The molecule has 0 aliphatic heterocycles. The molecular formula is C17H19N2+. The molecule has 2 N–H and O–H groups in total. The van der Waals surface area contributed by atoms with E-state index in [1.165, 1.54) is 22.2 Å². The van der Waals surface area contributed by atoms with E-state index in [1.807, 2.05) is 0 Å². The largest absolute Gasteiger partial charge is 0.343 e. The highest BCUT2D eigenvalue weighted by Gasteiger charge is 2.06. The van der Waals surface area contributed by atoms with E-state index in [9.17, 15) is 0 Å². The molecule has 0 aliphatic rings. The fourth-order valence-electron chi connectivity index (χ4n) is 2.54. The van der Waals surface area contributed by atoms with Crippen molar-refractivity contribution in [3.63, 3.8) is 0 Å². The van der Waals surface area contributed by atoms with Gasteiger partial charge in [0.2, 0.25) is 0 Å². The molecule has 0 saturated heterocycles. The van der Waals surface area contributed by atoms with E-state index in [1.54, 1.807) is 0 Å². The summed E-state index contributed by atoms with van der Waals surface area (Å²) in [6.45, 7) is 2.04. The third kappa shape index (κ3) is 2.54. The Kier molecular flexibility index (Phi) is 3.34. The number of fused-ring (bicyclic) bond motifs is 1. The van der Waals surface area contributed by atoms with Crippen LogP contribution in [0.2, 0.25) is 0 Å². The van der Waals surface area contributed by atoms with Crippen LogP contribution in [-0.2, 0) is 20.1 Å². The van der Waals surface area contributed by atoms with Crippen LogP contribution in [0.5, 0.6) is 0 Å². The lowest BCUT2D eigenvalue weighted by Crippen LogP contribution is -2.81. The predicted molar refractivity (Wildman–Crippen MR) is 78.7 cm³/mol. The Morgan fingerprint density at radius 1 is 0.895 bits per heavy atom. The molecule has 96 valence electrons. The van der Waals surface area contributed by atoms with Gasteiger partial charge in [0.1, 0.15) is 13.1 Å². The quantitative estimate of drug-likeness (QED) is 0.735. The van der Waals surface area contributed by atoms with Crippen LogP contribution in [0.3, 0.4) is 0 Å². The zero-order chi connectivity index (χ0) is 13.1. The summed E-state index contributed by atoms with van der Waals surface area (Å²) in [7, 11) is 2.15. The van der Waals surface area contributed by atoms with E-state index in [-0.39, 0.29) is 0 Å². The summed E-state index contributed by atoms with van der Waals surface area (Å²) in [5.41, 5.74) is 4.06. The van der Waals surface area contributed by atoms with Crippen LogP contribution < -0.4 is 5.32 Å². The number of rotatable bonds is 4. The van der Waals surface area contributed by atoms with Crippen LogP contribution in [-0.4, -0.2) is 4.57 Å². The van der Waals surface area contributed by atoms with Crippen molar-refractivity contribution in [2.45, 2.75) is 13.1 Å². The van der Waals surface area contributed by atoms with E-state index >= 15 is 0 Å². The zero-order valence-corrected chi connectivity index (χ0v) is 11.2. The van der Waals surface area contributed by atoms with Gasteiger partial charge in [0.15, 0.2) is 0 Å². The Hall–Kier alpha value is -2.06. The van der Waals surface area contributed by atoms with E-state index in [2.05, 4.69) is 77.6 Å². The molecule has 2 nitrogen and oxygen atoms in total. The van der Waals surface area contributed by atoms with Crippen LogP contribution in [0.25, 0.3) is 10.9 Å². The van der Waals surface area contributed by atoms with Crippen LogP contribution >= 0.6 is 0 Å². The Balaban J connectivity index is 1.70. The fraction of sp³-hybridized carbons (Fsp3) is 0.176. The van der Waals surface area contributed by atoms with E-state index < -0.39 is 0 Å². The molecule has 3 aromatic rings. The van der Waals surface area contributed by atoms with Crippen LogP contribution in [0.15, 0.2) is 60.7 Å². The third-order valence-electron chi connectivity index (χ3n) is 3.63. The van der Waals surface area contributed by atoms with Gasteiger partial charge in [-0.25, -0.2) is 0 Å². The second kappa shape index (κ2) is 5.29. The average Bonchev–Trinajstić information content (AvgIpc) is 2.78. The molecule has 1 heterocycles. The predicted octanol–water partition coefficient (Wildman–Crippen LogP) is 2.44. The summed E-state index contributed by atoms with van der Waals surface area (Å²) in [5, 5.41) is 3.68. The number of aromatic nitrogens is 1. The van der Waals surface area contributed by atoms with Gasteiger partial charge in [-0.05, 0) is 12.1 Å². The van der Waals surface area contributed by atoms with E-state index in [0.29, 0.717) is 0 Å². The Morgan fingerprint density at radius 2 is 1.63 bits per heavy atom.